The van der Waals surface area contributed by atoms with Crippen molar-refractivity contribution in [1.29, 1.82) is 0 Å². The summed E-state index contributed by atoms with van der Waals surface area (Å²) in [6.45, 7) is 9.48. The number of carbonyl (C=O) groups excluding carboxylic acids is 1. The van der Waals surface area contributed by atoms with Gasteiger partial charge in [-0.1, -0.05) is 45.0 Å². The first-order valence-electron chi connectivity index (χ1n) is 7.88. The molecule has 0 aliphatic rings. The monoisotopic (exact) mass is 312 g/mol. The van der Waals surface area contributed by atoms with Crippen LogP contribution in [0.4, 0.5) is 0 Å². The summed E-state index contributed by atoms with van der Waals surface area (Å²) in [4.78, 5) is 10.9. The van der Waals surface area contributed by atoms with Gasteiger partial charge in [-0.05, 0) is 41.7 Å². The van der Waals surface area contributed by atoms with Crippen molar-refractivity contribution in [2.24, 2.45) is 0 Å². The van der Waals surface area contributed by atoms with E-state index in [1.807, 2.05) is 6.92 Å². The SMILES string of the molecule is CCOc1cc(C=O)ccc1OCc1ccc(C(C)(C)C)cc1. The van der Waals surface area contributed by atoms with Crippen molar-refractivity contribution in [1.82, 2.24) is 0 Å². The zero-order valence-corrected chi connectivity index (χ0v) is 14.3. The topological polar surface area (TPSA) is 35.5 Å². The van der Waals surface area contributed by atoms with Gasteiger partial charge in [-0.2, -0.15) is 0 Å². The van der Waals surface area contributed by atoms with Crippen LogP contribution in [-0.4, -0.2) is 12.9 Å². The fourth-order valence-corrected chi connectivity index (χ4v) is 2.25. The summed E-state index contributed by atoms with van der Waals surface area (Å²) in [6, 6.07) is 13.6. The summed E-state index contributed by atoms with van der Waals surface area (Å²) in [7, 11) is 0. The Hall–Kier alpha value is -2.29. The maximum absolute atomic E-state index is 10.9. The first kappa shape index (κ1) is 17.1. The number of ether oxygens (including phenoxy) is 2. The third kappa shape index (κ3) is 4.59. The molecule has 0 radical (unpaired) electrons. The second-order valence-electron chi connectivity index (χ2n) is 6.49. The summed E-state index contributed by atoms with van der Waals surface area (Å²) in [5, 5.41) is 0. The molecule has 122 valence electrons. The molecule has 0 aliphatic carbocycles. The Bertz CT molecular complexity index is 652. The van der Waals surface area contributed by atoms with Crippen molar-refractivity contribution >= 4 is 6.29 Å². The fourth-order valence-electron chi connectivity index (χ4n) is 2.25. The number of hydrogen-bond donors (Lipinski definition) is 0. The van der Waals surface area contributed by atoms with Crippen molar-refractivity contribution < 1.29 is 14.3 Å². The standard InChI is InChI=1S/C20H24O3/c1-5-22-19-12-16(13-21)8-11-18(19)23-14-15-6-9-17(10-7-15)20(2,3)4/h6-13H,5,14H2,1-4H3. The maximum atomic E-state index is 10.9. The van der Waals surface area contributed by atoms with Crippen molar-refractivity contribution in [3.8, 4) is 11.5 Å². The normalized spacial score (nSPS) is 11.1. The van der Waals surface area contributed by atoms with E-state index >= 15 is 0 Å². The van der Waals surface area contributed by atoms with Gasteiger partial charge in [-0.3, -0.25) is 4.79 Å². The maximum Gasteiger partial charge on any atom is 0.161 e. The lowest BCUT2D eigenvalue weighted by atomic mass is 9.87. The van der Waals surface area contributed by atoms with Crippen LogP contribution in [0.1, 0.15) is 49.2 Å². The molecule has 0 N–H and O–H groups in total. The summed E-state index contributed by atoms with van der Waals surface area (Å²) in [5.74, 6) is 1.25. The molecule has 0 unspecified atom stereocenters. The van der Waals surface area contributed by atoms with Crippen molar-refractivity contribution in [2.75, 3.05) is 6.61 Å². The van der Waals surface area contributed by atoms with E-state index in [0.717, 1.165) is 11.8 Å². The molecule has 0 saturated carbocycles. The quantitative estimate of drug-likeness (QED) is 0.720. The molecule has 0 amide bonds. The first-order valence-corrected chi connectivity index (χ1v) is 7.88. The Kier molecular flexibility index (Phi) is 5.43. The number of carbonyl (C=O) groups is 1. The van der Waals surface area contributed by atoms with Gasteiger partial charge in [-0.15, -0.1) is 0 Å². The molecule has 0 bridgehead atoms. The highest BCUT2D eigenvalue weighted by atomic mass is 16.5. The van der Waals surface area contributed by atoms with Gasteiger partial charge >= 0.3 is 0 Å². The van der Waals surface area contributed by atoms with E-state index in [4.69, 9.17) is 9.47 Å². The van der Waals surface area contributed by atoms with Gasteiger partial charge in [0.1, 0.15) is 12.9 Å². The van der Waals surface area contributed by atoms with Crippen molar-refractivity contribution in [3.63, 3.8) is 0 Å². The molecule has 0 fully saturated rings. The minimum atomic E-state index is 0.145. The third-order valence-electron chi connectivity index (χ3n) is 3.62. The van der Waals surface area contributed by atoms with Crippen LogP contribution in [-0.2, 0) is 12.0 Å². The molecule has 2 aromatic carbocycles. The number of hydrogen-bond acceptors (Lipinski definition) is 3. The van der Waals surface area contributed by atoms with E-state index in [0.29, 0.717) is 30.3 Å². The summed E-state index contributed by atoms with van der Waals surface area (Å²) in [5.41, 5.74) is 3.12. The summed E-state index contributed by atoms with van der Waals surface area (Å²) in [6.07, 6.45) is 0.803. The lowest BCUT2D eigenvalue weighted by Gasteiger charge is -2.19. The van der Waals surface area contributed by atoms with Gasteiger partial charge in [-0.25, -0.2) is 0 Å². The predicted molar refractivity (Wildman–Crippen MR) is 92.5 cm³/mol. The van der Waals surface area contributed by atoms with Crippen LogP contribution in [0.15, 0.2) is 42.5 Å². The molecule has 0 aliphatic heterocycles. The molecule has 3 heteroatoms. The zero-order valence-electron chi connectivity index (χ0n) is 14.3. The predicted octanol–water partition coefficient (Wildman–Crippen LogP) is 4.77. The molecule has 0 aromatic heterocycles. The molecule has 0 atom stereocenters. The van der Waals surface area contributed by atoms with Crippen LogP contribution in [0.25, 0.3) is 0 Å². The van der Waals surface area contributed by atoms with E-state index in [9.17, 15) is 4.79 Å². The fraction of sp³-hybridized carbons (Fsp3) is 0.350. The summed E-state index contributed by atoms with van der Waals surface area (Å²) < 4.78 is 11.4. The van der Waals surface area contributed by atoms with Gasteiger partial charge in [0, 0.05) is 5.56 Å². The number of rotatable bonds is 6. The van der Waals surface area contributed by atoms with E-state index in [1.165, 1.54) is 5.56 Å². The molecule has 2 rings (SSSR count). The average Bonchev–Trinajstić information content (AvgIpc) is 2.53. The zero-order chi connectivity index (χ0) is 16.9. The van der Waals surface area contributed by atoms with E-state index < -0.39 is 0 Å². The smallest absolute Gasteiger partial charge is 0.161 e. The Morgan fingerprint density at radius 2 is 1.65 bits per heavy atom. The highest BCUT2D eigenvalue weighted by molar-refractivity contribution is 5.76. The lowest BCUT2D eigenvalue weighted by molar-refractivity contribution is 0.112. The molecular weight excluding hydrogens is 288 g/mol. The van der Waals surface area contributed by atoms with Gasteiger partial charge in [0.25, 0.3) is 0 Å². The van der Waals surface area contributed by atoms with Crippen LogP contribution >= 0.6 is 0 Å². The molecular formula is C20H24O3. The second-order valence-corrected chi connectivity index (χ2v) is 6.49. The molecule has 0 saturated heterocycles. The highest BCUT2D eigenvalue weighted by Gasteiger charge is 2.13. The Balaban J connectivity index is 2.09. The van der Waals surface area contributed by atoms with Gasteiger partial charge in [0.05, 0.1) is 6.61 Å². The van der Waals surface area contributed by atoms with Crippen LogP contribution < -0.4 is 9.47 Å². The molecule has 23 heavy (non-hydrogen) atoms. The Morgan fingerprint density at radius 1 is 0.957 bits per heavy atom. The molecule has 2 aromatic rings. The summed E-state index contributed by atoms with van der Waals surface area (Å²) >= 11 is 0. The van der Waals surface area contributed by atoms with E-state index in [-0.39, 0.29) is 5.41 Å². The van der Waals surface area contributed by atoms with Crippen molar-refractivity contribution in [3.05, 3.63) is 59.2 Å². The van der Waals surface area contributed by atoms with Crippen LogP contribution in [0.2, 0.25) is 0 Å². The first-order chi connectivity index (χ1) is 10.9. The number of aldehydes is 1. The largest absolute Gasteiger partial charge is 0.490 e. The minimum Gasteiger partial charge on any atom is -0.490 e. The van der Waals surface area contributed by atoms with Crippen LogP contribution in [0.5, 0.6) is 11.5 Å². The van der Waals surface area contributed by atoms with Crippen LogP contribution in [0.3, 0.4) is 0 Å². The van der Waals surface area contributed by atoms with Gasteiger partial charge in [0.2, 0.25) is 0 Å². The van der Waals surface area contributed by atoms with E-state index in [1.54, 1.807) is 18.2 Å². The number of benzene rings is 2. The highest BCUT2D eigenvalue weighted by Crippen LogP contribution is 2.29. The van der Waals surface area contributed by atoms with E-state index in [2.05, 4.69) is 45.0 Å². The van der Waals surface area contributed by atoms with Gasteiger partial charge < -0.3 is 9.47 Å². The Morgan fingerprint density at radius 3 is 2.22 bits per heavy atom. The average molecular weight is 312 g/mol. The van der Waals surface area contributed by atoms with Gasteiger partial charge in [0.15, 0.2) is 11.5 Å². The minimum absolute atomic E-state index is 0.145. The second kappa shape index (κ2) is 7.32. The Labute approximate surface area is 138 Å². The molecule has 0 heterocycles. The van der Waals surface area contributed by atoms with Crippen LogP contribution in [0, 0.1) is 0 Å². The van der Waals surface area contributed by atoms with Crippen molar-refractivity contribution in [2.45, 2.75) is 39.7 Å². The molecule has 3 nitrogen and oxygen atoms in total. The third-order valence-corrected chi connectivity index (χ3v) is 3.62. The molecule has 0 spiro atoms. The lowest BCUT2D eigenvalue weighted by Crippen LogP contribution is -2.10.